The fourth-order valence-corrected chi connectivity index (χ4v) is 0.883. The van der Waals surface area contributed by atoms with Crippen LogP contribution in [-0.2, 0) is 14.7 Å². The lowest BCUT2D eigenvalue weighted by atomic mass is 10.0. The Morgan fingerprint density at radius 1 is 1.07 bits per heavy atom. The topological polar surface area (TPSA) is 47.9 Å². The molecule has 4 nitrogen and oxygen atoms in total. The molecule has 4 heteroatoms. The lowest BCUT2D eigenvalue weighted by Gasteiger charge is -2.28. The molecular weight excluding hydrogens is 196 g/mol. The summed E-state index contributed by atoms with van der Waals surface area (Å²) in [7, 11) is 0. The van der Waals surface area contributed by atoms with Crippen molar-refractivity contribution in [3.8, 4) is 0 Å². The largest absolute Gasteiger partial charge is 0.252 e. The minimum Gasteiger partial charge on any atom is -0.252 e. The average molecular weight is 220 g/mol. The molecule has 0 saturated heterocycles. The molecule has 1 N–H and O–H groups in total. The highest BCUT2D eigenvalue weighted by Gasteiger charge is 2.24. The Hall–Kier alpha value is -0.160. The van der Waals surface area contributed by atoms with E-state index in [4.69, 9.17) is 15.0 Å². The van der Waals surface area contributed by atoms with Crippen molar-refractivity contribution >= 4 is 0 Å². The molecule has 0 aliphatic carbocycles. The maximum Gasteiger partial charge on any atom is 0.0981 e. The van der Waals surface area contributed by atoms with Gasteiger partial charge >= 0.3 is 0 Å². The molecule has 0 aliphatic heterocycles. The van der Waals surface area contributed by atoms with E-state index in [0.29, 0.717) is 0 Å². The first-order valence-electron chi connectivity index (χ1n) is 5.33. The van der Waals surface area contributed by atoms with Gasteiger partial charge in [0.05, 0.1) is 17.3 Å². The van der Waals surface area contributed by atoms with Crippen LogP contribution in [-0.4, -0.2) is 22.6 Å². The predicted molar refractivity (Wildman–Crippen MR) is 58.4 cm³/mol. The maximum atomic E-state index is 8.42. The van der Waals surface area contributed by atoms with Crippen molar-refractivity contribution in [2.45, 2.75) is 71.7 Å². The standard InChI is InChI=1S/C11H24O4/c1-9(13-12)7-8-11(5,6)15-14-10(2,3)4/h9,12H,7-8H2,1-6H3. The Bertz CT molecular complexity index is 172. The van der Waals surface area contributed by atoms with Crippen molar-refractivity contribution in [3.05, 3.63) is 0 Å². The molecule has 0 aromatic heterocycles. The molecule has 0 aromatic rings. The molecule has 0 bridgehead atoms. The Morgan fingerprint density at radius 2 is 1.60 bits per heavy atom. The number of rotatable bonds is 6. The first-order valence-corrected chi connectivity index (χ1v) is 5.33. The van der Waals surface area contributed by atoms with E-state index >= 15 is 0 Å². The second-order valence-corrected chi connectivity index (χ2v) is 5.49. The van der Waals surface area contributed by atoms with Gasteiger partial charge in [-0.05, 0) is 54.4 Å². The van der Waals surface area contributed by atoms with Gasteiger partial charge in [0.1, 0.15) is 0 Å². The summed E-state index contributed by atoms with van der Waals surface area (Å²) in [6.45, 7) is 11.5. The van der Waals surface area contributed by atoms with Crippen molar-refractivity contribution in [3.63, 3.8) is 0 Å². The molecule has 0 aromatic carbocycles. The van der Waals surface area contributed by atoms with Crippen LogP contribution in [0.5, 0.6) is 0 Å². The molecular formula is C11H24O4. The van der Waals surface area contributed by atoms with E-state index in [1.165, 1.54) is 0 Å². The fourth-order valence-electron chi connectivity index (χ4n) is 0.883. The van der Waals surface area contributed by atoms with Gasteiger partial charge in [-0.15, -0.1) is 0 Å². The summed E-state index contributed by atoms with van der Waals surface area (Å²) in [4.78, 5) is 14.8. The first-order chi connectivity index (χ1) is 6.66. The Kier molecular flexibility index (Phi) is 5.73. The van der Waals surface area contributed by atoms with Gasteiger partial charge < -0.3 is 0 Å². The van der Waals surface area contributed by atoms with Crippen LogP contribution in [0.4, 0.5) is 0 Å². The normalized spacial score (nSPS) is 15.4. The number of hydrogen-bond acceptors (Lipinski definition) is 4. The van der Waals surface area contributed by atoms with Gasteiger partial charge in [-0.2, -0.15) is 0 Å². The van der Waals surface area contributed by atoms with Crippen LogP contribution in [0.1, 0.15) is 54.4 Å². The molecule has 0 rings (SSSR count). The summed E-state index contributed by atoms with van der Waals surface area (Å²) in [5, 5.41) is 8.42. The zero-order valence-electron chi connectivity index (χ0n) is 10.7. The van der Waals surface area contributed by atoms with Gasteiger partial charge in [0.2, 0.25) is 0 Å². The molecule has 0 fully saturated rings. The minimum absolute atomic E-state index is 0.178. The summed E-state index contributed by atoms with van der Waals surface area (Å²) < 4.78 is 0. The predicted octanol–water partition coefficient (Wildman–Crippen LogP) is 3.17. The molecule has 0 saturated carbocycles. The summed E-state index contributed by atoms with van der Waals surface area (Å²) in [6, 6.07) is 0. The van der Waals surface area contributed by atoms with E-state index in [-0.39, 0.29) is 17.3 Å². The SMILES string of the molecule is CC(CCC(C)(C)OOC(C)(C)C)OO. The van der Waals surface area contributed by atoms with Gasteiger partial charge in [0, 0.05) is 0 Å². The monoisotopic (exact) mass is 220 g/mol. The van der Waals surface area contributed by atoms with E-state index in [9.17, 15) is 0 Å². The van der Waals surface area contributed by atoms with Gasteiger partial charge in [0.25, 0.3) is 0 Å². The summed E-state index contributed by atoms with van der Waals surface area (Å²) in [6.07, 6.45) is 1.30. The highest BCUT2D eigenvalue weighted by Crippen LogP contribution is 2.22. The summed E-state index contributed by atoms with van der Waals surface area (Å²) >= 11 is 0. The lowest BCUT2D eigenvalue weighted by molar-refractivity contribution is -0.399. The average Bonchev–Trinajstić information content (AvgIpc) is 2.10. The van der Waals surface area contributed by atoms with Gasteiger partial charge in [-0.25, -0.2) is 14.7 Å². The molecule has 1 unspecified atom stereocenters. The molecule has 0 amide bonds. The van der Waals surface area contributed by atoms with E-state index in [1.54, 1.807) is 6.92 Å². The summed E-state index contributed by atoms with van der Waals surface area (Å²) in [5.41, 5.74) is -0.684. The quantitative estimate of drug-likeness (QED) is 0.551. The highest BCUT2D eigenvalue weighted by molar-refractivity contribution is 4.69. The van der Waals surface area contributed by atoms with Crippen molar-refractivity contribution in [2.75, 3.05) is 0 Å². The smallest absolute Gasteiger partial charge is 0.0981 e. The van der Waals surface area contributed by atoms with E-state index in [2.05, 4.69) is 4.89 Å². The van der Waals surface area contributed by atoms with Crippen LogP contribution in [0.3, 0.4) is 0 Å². The third kappa shape index (κ3) is 8.81. The number of hydrogen-bond donors (Lipinski definition) is 1. The maximum absolute atomic E-state index is 8.42. The van der Waals surface area contributed by atoms with Crippen LogP contribution in [0.15, 0.2) is 0 Å². The first kappa shape index (κ1) is 14.8. The third-order valence-electron chi connectivity index (χ3n) is 1.85. The van der Waals surface area contributed by atoms with E-state index in [1.807, 2.05) is 34.6 Å². The molecule has 0 heterocycles. The minimum atomic E-state index is -0.375. The van der Waals surface area contributed by atoms with Gasteiger partial charge in [-0.1, -0.05) is 0 Å². The van der Waals surface area contributed by atoms with Gasteiger partial charge in [-0.3, -0.25) is 5.26 Å². The van der Waals surface area contributed by atoms with Gasteiger partial charge in [0.15, 0.2) is 0 Å². The molecule has 0 spiro atoms. The molecule has 0 radical (unpaired) electrons. The third-order valence-corrected chi connectivity index (χ3v) is 1.85. The molecule has 15 heavy (non-hydrogen) atoms. The van der Waals surface area contributed by atoms with Crippen LogP contribution in [0.25, 0.3) is 0 Å². The Morgan fingerprint density at radius 3 is 2.00 bits per heavy atom. The molecule has 1 atom stereocenters. The zero-order valence-corrected chi connectivity index (χ0v) is 10.7. The molecule has 92 valence electrons. The van der Waals surface area contributed by atoms with Crippen LogP contribution in [0, 0.1) is 0 Å². The van der Waals surface area contributed by atoms with Crippen LogP contribution >= 0.6 is 0 Å². The second kappa shape index (κ2) is 5.80. The zero-order chi connectivity index (χ0) is 12.1. The lowest BCUT2D eigenvalue weighted by Crippen LogP contribution is -2.31. The van der Waals surface area contributed by atoms with E-state index < -0.39 is 0 Å². The van der Waals surface area contributed by atoms with Crippen molar-refractivity contribution in [1.29, 1.82) is 0 Å². The van der Waals surface area contributed by atoms with Crippen molar-refractivity contribution < 1.29 is 19.9 Å². The second-order valence-electron chi connectivity index (χ2n) is 5.49. The van der Waals surface area contributed by atoms with Crippen LogP contribution in [0.2, 0.25) is 0 Å². The van der Waals surface area contributed by atoms with Crippen molar-refractivity contribution in [2.24, 2.45) is 0 Å². The fraction of sp³-hybridized carbons (Fsp3) is 1.00. The van der Waals surface area contributed by atoms with Crippen molar-refractivity contribution in [1.82, 2.24) is 0 Å². The van der Waals surface area contributed by atoms with E-state index in [0.717, 1.165) is 12.8 Å². The van der Waals surface area contributed by atoms with Crippen LogP contribution < -0.4 is 0 Å². The highest BCUT2D eigenvalue weighted by atomic mass is 17.2. The molecule has 0 aliphatic rings. The Labute approximate surface area is 92.4 Å². The Balaban J connectivity index is 3.86. The summed E-state index contributed by atoms with van der Waals surface area (Å²) in [5.74, 6) is 0.